The summed E-state index contributed by atoms with van der Waals surface area (Å²) in [6, 6.07) is 0. The molecule has 0 aromatic carbocycles. The molecule has 1 saturated heterocycles. The van der Waals surface area contributed by atoms with Crippen LogP contribution >= 0.6 is 0 Å². The van der Waals surface area contributed by atoms with Gasteiger partial charge in [-0.05, 0) is 25.5 Å². The molecule has 0 aromatic heterocycles. The molecule has 0 aliphatic carbocycles. The van der Waals surface area contributed by atoms with Gasteiger partial charge in [0.15, 0.2) is 0 Å². The molecular weight excluding hydrogens is 210 g/mol. The lowest BCUT2D eigenvalue weighted by Crippen LogP contribution is -2.31. The van der Waals surface area contributed by atoms with E-state index in [1.165, 1.54) is 32.1 Å². The normalized spacial score (nSPS) is 17.4. The molecule has 0 saturated carbocycles. The summed E-state index contributed by atoms with van der Waals surface area (Å²) in [4.78, 5) is 2.33. The van der Waals surface area contributed by atoms with Crippen molar-refractivity contribution in [3.63, 3.8) is 0 Å². The molecule has 1 rings (SSSR count). The van der Waals surface area contributed by atoms with Crippen LogP contribution in [0.1, 0.15) is 45.4 Å². The Bertz CT molecular complexity index is 217. The summed E-state index contributed by atoms with van der Waals surface area (Å²) >= 11 is 0. The SMILES string of the molecule is CCCCCC/C=C\C/C=C/N1CCOCC1. The second-order valence-electron chi connectivity index (χ2n) is 4.59. The molecule has 0 spiro atoms. The topological polar surface area (TPSA) is 12.5 Å². The average Bonchev–Trinajstić information content (AvgIpc) is 2.38. The van der Waals surface area contributed by atoms with Gasteiger partial charge in [0, 0.05) is 13.1 Å². The van der Waals surface area contributed by atoms with Crippen molar-refractivity contribution in [2.45, 2.75) is 45.4 Å². The van der Waals surface area contributed by atoms with Gasteiger partial charge in [0.05, 0.1) is 13.2 Å². The molecule has 0 amide bonds. The van der Waals surface area contributed by atoms with Crippen LogP contribution in [-0.2, 0) is 4.74 Å². The van der Waals surface area contributed by atoms with Crippen LogP contribution in [0.15, 0.2) is 24.4 Å². The van der Waals surface area contributed by atoms with Crippen LogP contribution in [0.4, 0.5) is 0 Å². The van der Waals surface area contributed by atoms with Gasteiger partial charge in [0.1, 0.15) is 0 Å². The molecule has 1 fully saturated rings. The lowest BCUT2D eigenvalue weighted by molar-refractivity contribution is 0.0593. The maximum Gasteiger partial charge on any atom is 0.0642 e. The van der Waals surface area contributed by atoms with E-state index in [0.29, 0.717) is 0 Å². The third-order valence-electron chi connectivity index (χ3n) is 3.03. The van der Waals surface area contributed by atoms with E-state index in [1.54, 1.807) is 0 Å². The number of hydrogen-bond acceptors (Lipinski definition) is 2. The molecule has 0 unspecified atom stereocenters. The summed E-state index contributed by atoms with van der Waals surface area (Å²) in [6.45, 7) is 6.08. The molecule has 0 bridgehead atoms. The van der Waals surface area contributed by atoms with Crippen molar-refractivity contribution in [2.24, 2.45) is 0 Å². The molecule has 1 aliphatic heterocycles. The van der Waals surface area contributed by atoms with Crippen molar-refractivity contribution in [1.29, 1.82) is 0 Å². The fraction of sp³-hybridized carbons (Fsp3) is 0.733. The Morgan fingerprint density at radius 1 is 1.00 bits per heavy atom. The van der Waals surface area contributed by atoms with Crippen molar-refractivity contribution in [3.05, 3.63) is 24.4 Å². The van der Waals surface area contributed by atoms with Crippen molar-refractivity contribution in [2.75, 3.05) is 26.3 Å². The predicted molar refractivity (Wildman–Crippen MR) is 74.0 cm³/mol. The number of unbranched alkanes of at least 4 members (excludes halogenated alkanes) is 4. The molecule has 0 N–H and O–H groups in total. The fourth-order valence-corrected chi connectivity index (χ4v) is 1.92. The van der Waals surface area contributed by atoms with Crippen LogP contribution in [0, 0.1) is 0 Å². The van der Waals surface area contributed by atoms with Gasteiger partial charge in [-0.2, -0.15) is 0 Å². The number of morpholine rings is 1. The van der Waals surface area contributed by atoms with Crippen LogP contribution < -0.4 is 0 Å². The molecular formula is C15H27NO. The summed E-state index contributed by atoms with van der Waals surface area (Å²) in [7, 11) is 0. The number of allylic oxidation sites excluding steroid dienone is 3. The largest absolute Gasteiger partial charge is 0.378 e. The number of ether oxygens (including phenoxy) is 1. The lowest BCUT2D eigenvalue weighted by Gasteiger charge is -2.24. The first kappa shape index (κ1) is 14.3. The summed E-state index contributed by atoms with van der Waals surface area (Å²) in [6.07, 6.45) is 16.8. The summed E-state index contributed by atoms with van der Waals surface area (Å²) < 4.78 is 5.30. The standard InChI is InChI=1S/C15H27NO/c1-2-3-4-5-6-7-8-9-10-11-16-12-14-17-15-13-16/h7-8,10-11H,2-6,9,12-15H2,1H3/b8-7-,11-10+. The van der Waals surface area contributed by atoms with Gasteiger partial charge in [-0.3, -0.25) is 0 Å². The van der Waals surface area contributed by atoms with Gasteiger partial charge in [-0.1, -0.05) is 44.4 Å². The van der Waals surface area contributed by atoms with Crippen LogP contribution in [0.2, 0.25) is 0 Å². The van der Waals surface area contributed by atoms with Crippen LogP contribution in [0.5, 0.6) is 0 Å². The minimum absolute atomic E-state index is 0.873. The highest BCUT2D eigenvalue weighted by Crippen LogP contribution is 2.03. The van der Waals surface area contributed by atoms with E-state index < -0.39 is 0 Å². The van der Waals surface area contributed by atoms with Crippen LogP contribution in [0.25, 0.3) is 0 Å². The summed E-state index contributed by atoms with van der Waals surface area (Å²) in [5.74, 6) is 0. The van der Waals surface area contributed by atoms with Crippen molar-refractivity contribution in [3.8, 4) is 0 Å². The second-order valence-corrected chi connectivity index (χ2v) is 4.59. The van der Waals surface area contributed by atoms with Gasteiger partial charge in [-0.15, -0.1) is 0 Å². The fourth-order valence-electron chi connectivity index (χ4n) is 1.92. The molecule has 2 heteroatoms. The van der Waals surface area contributed by atoms with Gasteiger partial charge in [-0.25, -0.2) is 0 Å². The van der Waals surface area contributed by atoms with Crippen molar-refractivity contribution in [1.82, 2.24) is 4.90 Å². The van der Waals surface area contributed by atoms with E-state index in [1.807, 2.05) is 0 Å². The van der Waals surface area contributed by atoms with Gasteiger partial charge < -0.3 is 9.64 Å². The molecule has 0 radical (unpaired) electrons. The van der Waals surface area contributed by atoms with Gasteiger partial charge in [0.2, 0.25) is 0 Å². The molecule has 1 aliphatic rings. The van der Waals surface area contributed by atoms with Crippen molar-refractivity contribution < 1.29 is 4.74 Å². The Morgan fingerprint density at radius 2 is 1.82 bits per heavy atom. The smallest absolute Gasteiger partial charge is 0.0642 e. The Morgan fingerprint density at radius 3 is 2.59 bits per heavy atom. The highest BCUT2D eigenvalue weighted by atomic mass is 16.5. The number of nitrogens with zero attached hydrogens (tertiary/aromatic N) is 1. The molecule has 2 nitrogen and oxygen atoms in total. The third-order valence-corrected chi connectivity index (χ3v) is 3.03. The zero-order chi connectivity index (χ0) is 12.2. The Kier molecular flexibility index (Phi) is 8.75. The number of rotatable bonds is 8. The Hall–Kier alpha value is -0.760. The maximum atomic E-state index is 5.30. The summed E-state index contributed by atoms with van der Waals surface area (Å²) in [5, 5.41) is 0. The highest BCUT2D eigenvalue weighted by molar-refractivity contribution is 4.93. The lowest BCUT2D eigenvalue weighted by atomic mass is 10.1. The number of hydrogen-bond donors (Lipinski definition) is 0. The second kappa shape index (κ2) is 10.4. The van der Waals surface area contributed by atoms with Crippen molar-refractivity contribution >= 4 is 0 Å². The Labute approximate surface area is 106 Å². The van der Waals surface area contributed by atoms with Crippen LogP contribution in [0.3, 0.4) is 0 Å². The van der Waals surface area contributed by atoms with E-state index in [9.17, 15) is 0 Å². The Balaban J connectivity index is 1.94. The first-order chi connectivity index (χ1) is 8.43. The third kappa shape index (κ3) is 8.03. The van der Waals surface area contributed by atoms with Gasteiger partial charge in [0.25, 0.3) is 0 Å². The van der Waals surface area contributed by atoms with E-state index >= 15 is 0 Å². The minimum atomic E-state index is 0.873. The first-order valence-corrected chi connectivity index (χ1v) is 7.07. The van der Waals surface area contributed by atoms with E-state index in [2.05, 4.69) is 36.3 Å². The summed E-state index contributed by atoms with van der Waals surface area (Å²) in [5.41, 5.74) is 0. The molecule has 17 heavy (non-hydrogen) atoms. The predicted octanol–water partition coefficient (Wildman–Crippen LogP) is 3.75. The molecule has 0 aromatic rings. The highest BCUT2D eigenvalue weighted by Gasteiger charge is 2.04. The maximum absolute atomic E-state index is 5.30. The molecule has 98 valence electrons. The van der Waals surface area contributed by atoms with E-state index in [-0.39, 0.29) is 0 Å². The van der Waals surface area contributed by atoms with Gasteiger partial charge >= 0.3 is 0 Å². The quantitative estimate of drug-likeness (QED) is 0.471. The van der Waals surface area contributed by atoms with E-state index in [4.69, 9.17) is 4.74 Å². The molecule has 1 heterocycles. The first-order valence-electron chi connectivity index (χ1n) is 7.07. The monoisotopic (exact) mass is 237 g/mol. The minimum Gasteiger partial charge on any atom is -0.378 e. The average molecular weight is 237 g/mol. The van der Waals surface area contributed by atoms with E-state index in [0.717, 1.165) is 32.7 Å². The zero-order valence-corrected chi connectivity index (χ0v) is 11.2. The zero-order valence-electron chi connectivity index (χ0n) is 11.2. The van der Waals surface area contributed by atoms with Crippen LogP contribution in [-0.4, -0.2) is 31.2 Å². The molecule has 0 atom stereocenters.